The summed E-state index contributed by atoms with van der Waals surface area (Å²) in [5, 5.41) is 0. The Morgan fingerprint density at radius 1 is 0.947 bits per heavy atom. The lowest BCUT2D eigenvalue weighted by atomic mass is 9.65. The van der Waals surface area contributed by atoms with Crippen molar-refractivity contribution in [3.63, 3.8) is 0 Å². The zero-order valence-corrected chi connectivity index (χ0v) is 13.5. The molecule has 0 bridgehead atoms. The summed E-state index contributed by atoms with van der Waals surface area (Å²) in [6.07, 6.45) is 6.58. The summed E-state index contributed by atoms with van der Waals surface area (Å²) in [6.45, 7) is 8.94. The van der Waals surface area contributed by atoms with Gasteiger partial charge in [-0.2, -0.15) is 0 Å². The van der Waals surface area contributed by atoms with E-state index >= 15 is 0 Å². The number of rotatable bonds is 9. The number of hydrogen-bond acceptors (Lipinski definition) is 3. The third-order valence-electron chi connectivity index (χ3n) is 5.06. The molecule has 19 heavy (non-hydrogen) atoms. The second kappa shape index (κ2) is 7.61. The van der Waals surface area contributed by atoms with Crippen molar-refractivity contribution in [2.24, 2.45) is 10.8 Å². The first-order chi connectivity index (χ1) is 9.01. The molecule has 0 radical (unpaired) electrons. The number of methoxy groups -OCH3 is 2. The normalized spacial score (nSPS) is 18.2. The molecular formula is C16H32O3. The molecule has 0 atom stereocenters. The van der Waals surface area contributed by atoms with Gasteiger partial charge in [-0.3, -0.25) is 0 Å². The third-order valence-corrected chi connectivity index (χ3v) is 5.06. The fourth-order valence-electron chi connectivity index (χ4n) is 2.97. The van der Waals surface area contributed by atoms with Crippen LogP contribution in [0.15, 0.2) is 0 Å². The monoisotopic (exact) mass is 272 g/mol. The predicted molar refractivity (Wildman–Crippen MR) is 78.5 cm³/mol. The number of ether oxygens (including phenoxy) is 3. The van der Waals surface area contributed by atoms with Crippen LogP contribution < -0.4 is 0 Å². The zero-order chi connectivity index (χ0) is 14.4. The Hall–Kier alpha value is -0.120. The van der Waals surface area contributed by atoms with Gasteiger partial charge in [0.05, 0.1) is 25.9 Å². The van der Waals surface area contributed by atoms with Crippen molar-refractivity contribution >= 4 is 0 Å². The van der Waals surface area contributed by atoms with E-state index in [0.717, 1.165) is 13.0 Å². The molecule has 114 valence electrons. The molecule has 0 aromatic rings. The van der Waals surface area contributed by atoms with E-state index < -0.39 is 0 Å². The molecule has 0 unspecified atom stereocenters. The van der Waals surface area contributed by atoms with Crippen LogP contribution in [-0.2, 0) is 14.2 Å². The lowest BCUT2D eigenvalue weighted by Gasteiger charge is -2.46. The Bertz CT molecular complexity index is 238. The van der Waals surface area contributed by atoms with Gasteiger partial charge in [0.1, 0.15) is 0 Å². The standard InChI is InChI=1S/C16H32O3/c1-6-15(2,3)16(11-17-4,12-18-5)13-19-14-9-7-8-10-14/h14H,6-13H2,1-5H3. The minimum absolute atomic E-state index is 0.0617. The van der Waals surface area contributed by atoms with Crippen molar-refractivity contribution in [1.82, 2.24) is 0 Å². The van der Waals surface area contributed by atoms with Crippen LogP contribution in [0.3, 0.4) is 0 Å². The van der Waals surface area contributed by atoms with Crippen LogP contribution in [0.2, 0.25) is 0 Å². The molecule has 0 saturated heterocycles. The van der Waals surface area contributed by atoms with E-state index in [1.807, 2.05) is 0 Å². The van der Waals surface area contributed by atoms with Crippen LogP contribution in [0.25, 0.3) is 0 Å². The molecule has 0 N–H and O–H groups in total. The van der Waals surface area contributed by atoms with Crippen LogP contribution in [0.4, 0.5) is 0 Å². The van der Waals surface area contributed by atoms with E-state index in [2.05, 4.69) is 20.8 Å². The Morgan fingerprint density at radius 2 is 1.47 bits per heavy atom. The van der Waals surface area contributed by atoms with E-state index in [9.17, 15) is 0 Å². The van der Waals surface area contributed by atoms with Crippen LogP contribution in [0.1, 0.15) is 52.9 Å². The zero-order valence-electron chi connectivity index (χ0n) is 13.5. The maximum Gasteiger partial charge on any atom is 0.0575 e. The molecule has 0 aromatic heterocycles. The van der Waals surface area contributed by atoms with Crippen LogP contribution >= 0.6 is 0 Å². The van der Waals surface area contributed by atoms with Gasteiger partial charge in [-0.1, -0.05) is 40.0 Å². The number of hydrogen-bond donors (Lipinski definition) is 0. The molecule has 3 heteroatoms. The topological polar surface area (TPSA) is 27.7 Å². The van der Waals surface area contributed by atoms with Crippen LogP contribution in [-0.4, -0.2) is 40.1 Å². The summed E-state index contributed by atoms with van der Waals surface area (Å²) >= 11 is 0. The SMILES string of the molecule is CCC(C)(C)C(COC)(COC)COC1CCCC1. The highest BCUT2D eigenvalue weighted by molar-refractivity contribution is 4.93. The first kappa shape index (κ1) is 16.9. The van der Waals surface area contributed by atoms with Crippen molar-refractivity contribution in [2.45, 2.75) is 59.0 Å². The third kappa shape index (κ3) is 4.17. The Kier molecular flexibility index (Phi) is 6.78. The maximum absolute atomic E-state index is 6.20. The summed E-state index contributed by atoms with van der Waals surface area (Å²) < 4.78 is 17.2. The summed E-state index contributed by atoms with van der Waals surface area (Å²) in [7, 11) is 3.54. The smallest absolute Gasteiger partial charge is 0.0575 e. The Labute approximate surface area is 119 Å². The minimum Gasteiger partial charge on any atom is -0.384 e. The summed E-state index contributed by atoms with van der Waals surface area (Å²) in [5.41, 5.74) is 0.0749. The highest BCUT2D eigenvalue weighted by atomic mass is 16.5. The van der Waals surface area contributed by atoms with Gasteiger partial charge in [0.25, 0.3) is 0 Å². The molecule has 1 saturated carbocycles. The van der Waals surface area contributed by atoms with Gasteiger partial charge in [-0.25, -0.2) is 0 Å². The molecule has 1 rings (SSSR count). The quantitative estimate of drug-likeness (QED) is 0.641. The van der Waals surface area contributed by atoms with Gasteiger partial charge < -0.3 is 14.2 Å². The first-order valence-electron chi connectivity index (χ1n) is 7.61. The Balaban J connectivity index is 2.75. The van der Waals surface area contributed by atoms with Gasteiger partial charge in [0, 0.05) is 19.6 Å². The molecule has 0 aromatic carbocycles. The average Bonchev–Trinajstić information content (AvgIpc) is 2.89. The molecule has 1 fully saturated rings. The molecular weight excluding hydrogens is 240 g/mol. The highest BCUT2D eigenvalue weighted by Crippen LogP contribution is 2.43. The van der Waals surface area contributed by atoms with E-state index in [1.54, 1.807) is 14.2 Å². The molecule has 0 spiro atoms. The maximum atomic E-state index is 6.20. The van der Waals surface area contributed by atoms with E-state index in [0.29, 0.717) is 19.3 Å². The first-order valence-corrected chi connectivity index (χ1v) is 7.61. The fraction of sp³-hybridized carbons (Fsp3) is 1.00. The average molecular weight is 272 g/mol. The molecule has 0 heterocycles. The van der Waals surface area contributed by atoms with Gasteiger partial charge in [0.15, 0.2) is 0 Å². The molecule has 1 aliphatic carbocycles. The second-order valence-electron chi connectivity index (χ2n) is 6.60. The summed E-state index contributed by atoms with van der Waals surface area (Å²) in [6, 6.07) is 0. The molecule has 3 nitrogen and oxygen atoms in total. The lowest BCUT2D eigenvalue weighted by Crippen LogP contribution is -2.49. The van der Waals surface area contributed by atoms with Crippen molar-refractivity contribution in [3.8, 4) is 0 Å². The summed E-state index contributed by atoms with van der Waals surface area (Å²) in [4.78, 5) is 0. The van der Waals surface area contributed by atoms with Crippen molar-refractivity contribution in [2.75, 3.05) is 34.0 Å². The van der Waals surface area contributed by atoms with Gasteiger partial charge in [-0.05, 0) is 18.3 Å². The largest absolute Gasteiger partial charge is 0.384 e. The van der Waals surface area contributed by atoms with E-state index in [1.165, 1.54) is 25.7 Å². The second-order valence-corrected chi connectivity index (χ2v) is 6.60. The van der Waals surface area contributed by atoms with Crippen LogP contribution in [0, 0.1) is 10.8 Å². The minimum atomic E-state index is -0.0617. The Morgan fingerprint density at radius 3 is 1.89 bits per heavy atom. The molecule has 1 aliphatic rings. The van der Waals surface area contributed by atoms with Gasteiger partial charge >= 0.3 is 0 Å². The fourth-order valence-corrected chi connectivity index (χ4v) is 2.97. The molecule has 0 aliphatic heterocycles. The lowest BCUT2D eigenvalue weighted by molar-refractivity contribution is -0.128. The predicted octanol–water partition coefficient (Wildman–Crippen LogP) is 3.66. The van der Waals surface area contributed by atoms with Crippen molar-refractivity contribution in [3.05, 3.63) is 0 Å². The van der Waals surface area contributed by atoms with Crippen molar-refractivity contribution in [1.29, 1.82) is 0 Å². The molecule has 0 amide bonds. The van der Waals surface area contributed by atoms with Crippen molar-refractivity contribution < 1.29 is 14.2 Å². The van der Waals surface area contributed by atoms with E-state index in [-0.39, 0.29) is 10.8 Å². The highest BCUT2D eigenvalue weighted by Gasteiger charge is 2.45. The van der Waals surface area contributed by atoms with Crippen LogP contribution in [0.5, 0.6) is 0 Å². The van der Waals surface area contributed by atoms with Gasteiger partial charge in [-0.15, -0.1) is 0 Å². The summed E-state index contributed by atoms with van der Waals surface area (Å²) in [5.74, 6) is 0. The van der Waals surface area contributed by atoms with Gasteiger partial charge in [0.2, 0.25) is 0 Å². The van der Waals surface area contributed by atoms with E-state index in [4.69, 9.17) is 14.2 Å².